The van der Waals surface area contributed by atoms with Crippen molar-refractivity contribution in [1.29, 1.82) is 0 Å². The topological polar surface area (TPSA) is 73.0 Å². The molecule has 0 unspecified atom stereocenters. The van der Waals surface area contributed by atoms with Gasteiger partial charge in [0.1, 0.15) is 12.1 Å². The third-order valence-corrected chi connectivity index (χ3v) is 3.60. The van der Waals surface area contributed by atoms with E-state index in [0.29, 0.717) is 31.8 Å². The average molecular weight is 314 g/mol. The van der Waals surface area contributed by atoms with Crippen molar-refractivity contribution in [2.24, 2.45) is 5.92 Å². The van der Waals surface area contributed by atoms with Crippen molar-refractivity contribution in [3.8, 4) is 0 Å². The third-order valence-electron chi connectivity index (χ3n) is 3.60. The van der Waals surface area contributed by atoms with Gasteiger partial charge in [-0.15, -0.1) is 0 Å². The average Bonchev–Trinajstić information content (AvgIpc) is 3.12. The van der Waals surface area contributed by atoms with Gasteiger partial charge in [-0.2, -0.15) is 13.2 Å². The Labute approximate surface area is 123 Å². The van der Waals surface area contributed by atoms with Gasteiger partial charge in [0.25, 0.3) is 5.91 Å². The van der Waals surface area contributed by atoms with Crippen LogP contribution in [0.5, 0.6) is 0 Å². The number of aryl methyl sites for hydroxylation is 1. The lowest BCUT2D eigenvalue weighted by Crippen LogP contribution is -2.33. The first-order valence-corrected chi connectivity index (χ1v) is 6.75. The molecular weight excluding hydrogens is 301 g/mol. The van der Waals surface area contributed by atoms with Crippen LogP contribution in [0.15, 0.2) is 23.0 Å². The number of fused-ring (bicyclic) bond motifs is 1. The van der Waals surface area contributed by atoms with Crippen molar-refractivity contribution in [2.75, 3.05) is 6.54 Å². The van der Waals surface area contributed by atoms with Crippen molar-refractivity contribution in [3.63, 3.8) is 0 Å². The molecule has 1 amide bonds. The summed E-state index contributed by atoms with van der Waals surface area (Å²) < 4.78 is 44.0. The third kappa shape index (κ3) is 2.97. The van der Waals surface area contributed by atoms with Gasteiger partial charge in [-0.25, -0.2) is 4.98 Å². The minimum atomic E-state index is -4.43. The van der Waals surface area contributed by atoms with E-state index in [0.717, 1.165) is 6.20 Å². The minimum Gasteiger partial charge on any atom is -0.364 e. The molecule has 1 aliphatic heterocycles. The summed E-state index contributed by atoms with van der Waals surface area (Å²) in [6.45, 7) is 0.766. The Morgan fingerprint density at radius 2 is 2.32 bits per heavy atom. The first-order chi connectivity index (χ1) is 10.4. The van der Waals surface area contributed by atoms with Crippen LogP contribution in [0.4, 0.5) is 13.2 Å². The molecule has 1 N–H and O–H groups in total. The van der Waals surface area contributed by atoms with Crippen molar-refractivity contribution in [2.45, 2.75) is 25.6 Å². The molecule has 2 aromatic rings. The SMILES string of the molecule is O=C(NC[C@@H]1CCc2nc(C(F)(F)F)cn2C1)c1ccon1. The summed E-state index contributed by atoms with van der Waals surface area (Å²) in [6, 6.07) is 1.44. The van der Waals surface area contributed by atoms with E-state index in [-0.39, 0.29) is 17.5 Å². The number of rotatable bonds is 3. The molecule has 0 bridgehead atoms. The van der Waals surface area contributed by atoms with Crippen LogP contribution in [0.1, 0.15) is 28.4 Å². The maximum Gasteiger partial charge on any atom is 0.434 e. The van der Waals surface area contributed by atoms with Gasteiger partial charge in [-0.1, -0.05) is 5.16 Å². The zero-order valence-corrected chi connectivity index (χ0v) is 11.4. The van der Waals surface area contributed by atoms with Crippen molar-refractivity contribution < 1.29 is 22.5 Å². The highest BCUT2D eigenvalue weighted by molar-refractivity contribution is 5.91. The first-order valence-electron chi connectivity index (χ1n) is 6.75. The molecule has 1 atom stereocenters. The summed E-state index contributed by atoms with van der Waals surface area (Å²) in [6.07, 6.45) is -0.970. The summed E-state index contributed by atoms with van der Waals surface area (Å²) in [4.78, 5) is 15.3. The Kier molecular flexibility index (Phi) is 3.63. The molecule has 0 radical (unpaired) electrons. The van der Waals surface area contributed by atoms with Crippen LogP contribution in [0.3, 0.4) is 0 Å². The maximum absolute atomic E-state index is 12.6. The number of carbonyl (C=O) groups is 1. The molecule has 0 fully saturated rings. The standard InChI is InChI=1S/C13H13F3N4O2/c14-13(15,16)10-7-20-6-8(1-2-11(20)18-10)5-17-12(21)9-3-4-22-19-9/h3-4,7-8H,1-2,5-6H2,(H,17,21)/t8-/m0/s1. The van der Waals surface area contributed by atoms with E-state index in [9.17, 15) is 18.0 Å². The highest BCUT2D eigenvalue weighted by Gasteiger charge is 2.35. The predicted molar refractivity (Wildman–Crippen MR) is 67.9 cm³/mol. The predicted octanol–water partition coefficient (Wildman–Crippen LogP) is 1.88. The summed E-state index contributed by atoms with van der Waals surface area (Å²) >= 11 is 0. The molecule has 0 aromatic carbocycles. The van der Waals surface area contributed by atoms with Crippen LogP contribution >= 0.6 is 0 Å². The fraction of sp³-hybridized carbons (Fsp3) is 0.462. The molecule has 9 heteroatoms. The Bertz CT molecular complexity index is 663. The Morgan fingerprint density at radius 3 is 3.00 bits per heavy atom. The van der Waals surface area contributed by atoms with E-state index >= 15 is 0 Å². The Balaban J connectivity index is 1.60. The number of nitrogens with one attached hydrogen (secondary N) is 1. The molecule has 6 nitrogen and oxygen atoms in total. The van der Waals surface area contributed by atoms with Crippen LogP contribution in [0, 0.1) is 5.92 Å². The molecule has 3 rings (SSSR count). The first kappa shape index (κ1) is 14.6. The van der Waals surface area contributed by atoms with Crippen molar-refractivity contribution in [1.82, 2.24) is 20.0 Å². The van der Waals surface area contributed by atoms with Gasteiger partial charge in [-0.3, -0.25) is 4.79 Å². The molecule has 0 saturated carbocycles. The molecule has 3 heterocycles. The number of hydrogen-bond donors (Lipinski definition) is 1. The van der Waals surface area contributed by atoms with Crippen molar-refractivity contribution >= 4 is 5.91 Å². The smallest absolute Gasteiger partial charge is 0.364 e. The van der Waals surface area contributed by atoms with Gasteiger partial charge in [0.2, 0.25) is 0 Å². The highest BCUT2D eigenvalue weighted by Crippen LogP contribution is 2.30. The van der Waals surface area contributed by atoms with Crippen LogP contribution < -0.4 is 5.32 Å². The fourth-order valence-electron chi connectivity index (χ4n) is 2.47. The van der Waals surface area contributed by atoms with Gasteiger partial charge >= 0.3 is 6.18 Å². The normalized spacial score (nSPS) is 18.0. The van der Waals surface area contributed by atoms with Crippen molar-refractivity contribution in [3.05, 3.63) is 35.7 Å². The second kappa shape index (κ2) is 5.47. The lowest BCUT2D eigenvalue weighted by molar-refractivity contribution is -0.141. The number of imidazole rings is 1. The lowest BCUT2D eigenvalue weighted by Gasteiger charge is -2.23. The molecule has 0 spiro atoms. The van der Waals surface area contributed by atoms with E-state index in [1.54, 1.807) is 0 Å². The Hall–Kier alpha value is -2.32. The van der Waals surface area contributed by atoms with Gasteiger partial charge in [0.05, 0.1) is 0 Å². The molecule has 22 heavy (non-hydrogen) atoms. The van der Waals surface area contributed by atoms with Gasteiger partial charge < -0.3 is 14.4 Å². The molecule has 1 aliphatic rings. The number of carbonyl (C=O) groups excluding carboxylic acids is 1. The van der Waals surface area contributed by atoms with E-state index in [1.165, 1.54) is 16.9 Å². The number of halogens is 3. The van der Waals surface area contributed by atoms with E-state index in [4.69, 9.17) is 0 Å². The summed E-state index contributed by atoms with van der Waals surface area (Å²) in [7, 11) is 0. The number of alkyl halides is 3. The summed E-state index contributed by atoms with van der Waals surface area (Å²) in [5.74, 6) is 0.131. The number of nitrogens with zero attached hydrogens (tertiary/aromatic N) is 3. The molecule has 0 saturated heterocycles. The van der Waals surface area contributed by atoms with Crippen LogP contribution in [0.25, 0.3) is 0 Å². The summed E-state index contributed by atoms with van der Waals surface area (Å²) in [5.41, 5.74) is -0.687. The van der Waals surface area contributed by atoms with Crippen LogP contribution in [-0.4, -0.2) is 27.2 Å². The van der Waals surface area contributed by atoms with Crippen LogP contribution in [-0.2, 0) is 19.1 Å². The zero-order valence-electron chi connectivity index (χ0n) is 11.4. The number of hydrogen-bond acceptors (Lipinski definition) is 4. The zero-order chi connectivity index (χ0) is 15.7. The largest absolute Gasteiger partial charge is 0.434 e. The van der Waals surface area contributed by atoms with E-state index in [2.05, 4.69) is 20.0 Å². The van der Waals surface area contributed by atoms with E-state index < -0.39 is 11.9 Å². The molecule has 118 valence electrons. The second-order valence-electron chi connectivity index (χ2n) is 5.19. The van der Waals surface area contributed by atoms with E-state index in [1.807, 2.05) is 0 Å². The second-order valence-corrected chi connectivity index (χ2v) is 5.19. The minimum absolute atomic E-state index is 0.0543. The Morgan fingerprint density at radius 1 is 1.50 bits per heavy atom. The number of amides is 1. The maximum atomic E-state index is 12.6. The number of aromatic nitrogens is 3. The molecular formula is C13H13F3N4O2. The molecule has 0 aliphatic carbocycles. The lowest BCUT2D eigenvalue weighted by atomic mass is 9.99. The molecule has 2 aromatic heterocycles. The van der Waals surface area contributed by atoms with Crippen LogP contribution in [0.2, 0.25) is 0 Å². The van der Waals surface area contributed by atoms with Gasteiger partial charge in [0.15, 0.2) is 11.4 Å². The fourth-order valence-corrected chi connectivity index (χ4v) is 2.47. The van der Waals surface area contributed by atoms with Gasteiger partial charge in [-0.05, 0) is 12.3 Å². The monoisotopic (exact) mass is 314 g/mol. The summed E-state index contributed by atoms with van der Waals surface area (Å²) in [5, 5.41) is 6.22. The quantitative estimate of drug-likeness (QED) is 0.939. The highest BCUT2D eigenvalue weighted by atomic mass is 19.4. The van der Waals surface area contributed by atoms with Gasteiger partial charge in [0, 0.05) is 31.8 Å².